The fraction of sp³-hybridized carbons (Fsp3) is 0.267. The van der Waals surface area contributed by atoms with Gasteiger partial charge in [-0.05, 0) is 23.8 Å². The van der Waals surface area contributed by atoms with Gasteiger partial charge in [0.05, 0.1) is 13.2 Å². The van der Waals surface area contributed by atoms with Crippen molar-refractivity contribution < 1.29 is 23.7 Å². The summed E-state index contributed by atoms with van der Waals surface area (Å²) in [6.45, 7) is 0.255. The van der Waals surface area contributed by atoms with Crippen LogP contribution < -0.4 is 9.47 Å². The molecule has 1 aromatic rings. The molecule has 104 valence electrons. The zero-order chi connectivity index (χ0) is 13.9. The molecule has 0 amide bonds. The summed E-state index contributed by atoms with van der Waals surface area (Å²) >= 11 is 0. The van der Waals surface area contributed by atoms with E-state index in [1.54, 1.807) is 7.11 Å². The van der Waals surface area contributed by atoms with Crippen molar-refractivity contribution in [2.75, 3.05) is 13.9 Å². The molecular formula is C15H14O5. The van der Waals surface area contributed by atoms with E-state index in [0.717, 1.165) is 17.1 Å². The molecule has 2 aliphatic rings. The summed E-state index contributed by atoms with van der Waals surface area (Å²) in [4.78, 5) is 11.4. The van der Waals surface area contributed by atoms with Gasteiger partial charge in [0.15, 0.2) is 11.5 Å². The Labute approximate surface area is 116 Å². The van der Waals surface area contributed by atoms with E-state index in [1.807, 2.05) is 30.4 Å². The standard InChI is InChI=1S/C15H14O5/c1-17-12-7-11(20-15(16)8-12)4-2-10-3-5-13-14(6-10)19-9-18-13/h2-6,8,11H,7,9H2,1H3/b4-2-. The highest BCUT2D eigenvalue weighted by atomic mass is 16.7. The molecule has 20 heavy (non-hydrogen) atoms. The maximum atomic E-state index is 11.4. The van der Waals surface area contributed by atoms with Gasteiger partial charge in [-0.1, -0.05) is 12.1 Å². The first-order chi connectivity index (χ1) is 9.74. The van der Waals surface area contributed by atoms with Crippen LogP contribution in [-0.2, 0) is 14.3 Å². The van der Waals surface area contributed by atoms with E-state index in [-0.39, 0.29) is 18.9 Å². The minimum atomic E-state index is -0.381. The van der Waals surface area contributed by atoms with Crippen molar-refractivity contribution in [2.45, 2.75) is 12.5 Å². The lowest BCUT2D eigenvalue weighted by molar-refractivity contribution is -0.142. The molecule has 1 atom stereocenters. The molecule has 2 heterocycles. The summed E-state index contributed by atoms with van der Waals surface area (Å²) in [6.07, 6.45) is 5.32. The van der Waals surface area contributed by atoms with Crippen molar-refractivity contribution in [1.82, 2.24) is 0 Å². The molecule has 0 N–H and O–H groups in total. The van der Waals surface area contributed by atoms with Crippen LogP contribution in [0.2, 0.25) is 0 Å². The quantitative estimate of drug-likeness (QED) is 0.791. The van der Waals surface area contributed by atoms with Crippen LogP contribution in [0.4, 0.5) is 0 Å². The fourth-order valence-corrected chi connectivity index (χ4v) is 2.10. The molecule has 0 bridgehead atoms. The zero-order valence-electron chi connectivity index (χ0n) is 11.0. The highest BCUT2D eigenvalue weighted by Gasteiger charge is 2.20. The van der Waals surface area contributed by atoms with Crippen molar-refractivity contribution >= 4 is 12.0 Å². The Bertz CT molecular complexity index is 588. The normalized spacial score (nSPS) is 20.8. The van der Waals surface area contributed by atoms with Gasteiger partial charge in [0.25, 0.3) is 0 Å². The minimum absolute atomic E-state index is 0.255. The molecule has 0 aromatic heterocycles. The summed E-state index contributed by atoms with van der Waals surface area (Å²) in [5.74, 6) is 1.72. The summed E-state index contributed by atoms with van der Waals surface area (Å²) in [5, 5.41) is 0. The number of cyclic esters (lactones) is 1. The van der Waals surface area contributed by atoms with Crippen LogP contribution in [0.3, 0.4) is 0 Å². The number of benzene rings is 1. The van der Waals surface area contributed by atoms with Crippen LogP contribution in [0.1, 0.15) is 12.0 Å². The molecule has 2 aliphatic heterocycles. The molecule has 1 unspecified atom stereocenters. The van der Waals surface area contributed by atoms with Crippen LogP contribution in [-0.4, -0.2) is 26.0 Å². The molecule has 3 rings (SSSR count). The van der Waals surface area contributed by atoms with E-state index in [4.69, 9.17) is 18.9 Å². The number of rotatable bonds is 3. The minimum Gasteiger partial charge on any atom is -0.501 e. The van der Waals surface area contributed by atoms with Gasteiger partial charge in [-0.2, -0.15) is 0 Å². The summed E-state index contributed by atoms with van der Waals surface area (Å²) in [5.41, 5.74) is 0.957. The second-order valence-corrected chi connectivity index (χ2v) is 4.47. The van der Waals surface area contributed by atoms with Crippen LogP contribution in [0, 0.1) is 0 Å². The number of hydrogen-bond donors (Lipinski definition) is 0. The predicted molar refractivity (Wildman–Crippen MR) is 71.2 cm³/mol. The Balaban J connectivity index is 1.71. The molecule has 5 heteroatoms. The number of esters is 1. The van der Waals surface area contributed by atoms with Crippen LogP contribution in [0.25, 0.3) is 6.08 Å². The van der Waals surface area contributed by atoms with Crippen molar-refractivity contribution in [1.29, 1.82) is 0 Å². The molecule has 5 nitrogen and oxygen atoms in total. The van der Waals surface area contributed by atoms with Gasteiger partial charge in [0.2, 0.25) is 6.79 Å². The van der Waals surface area contributed by atoms with Crippen molar-refractivity contribution in [2.24, 2.45) is 0 Å². The largest absolute Gasteiger partial charge is 0.501 e. The molecule has 0 aliphatic carbocycles. The average molecular weight is 274 g/mol. The Morgan fingerprint density at radius 2 is 2.15 bits per heavy atom. The topological polar surface area (TPSA) is 54.0 Å². The van der Waals surface area contributed by atoms with E-state index in [9.17, 15) is 4.79 Å². The van der Waals surface area contributed by atoms with E-state index in [0.29, 0.717) is 12.2 Å². The number of carbonyl (C=O) groups excluding carboxylic acids is 1. The number of methoxy groups -OCH3 is 1. The van der Waals surface area contributed by atoms with Crippen molar-refractivity contribution in [3.05, 3.63) is 41.7 Å². The van der Waals surface area contributed by atoms with Gasteiger partial charge in [0.1, 0.15) is 11.9 Å². The van der Waals surface area contributed by atoms with Crippen LogP contribution in [0.15, 0.2) is 36.1 Å². The lowest BCUT2D eigenvalue weighted by atomic mass is 10.1. The molecule has 0 saturated heterocycles. The fourth-order valence-electron chi connectivity index (χ4n) is 2.10. The SMILES string of the molecule is COC1=CC(=O)OC(/C=C\c2ccc3c(c2)OCO3)C1. The highest BCUT2D eigenvalue weighted by molar-refractivity contribution is 5.83. The first kappa shape index (κ1) is 12.6. The lowest BCUT2D eigenvalue weighted by Crippen LogP contribution is -2.21. The Morgan fingerprint density at radius 3 is 3.00 bits per heavy atom. The molecular weight excluding hydrogens is 260 g/mol. The van der Waals surface area contributed by atoms with Crippen LogP contribution in [0.5, 0.6) is 11.5 Å². The maximum Gasteiger partial charge on any atom is 0.334 e. The molecule has 0 saturated carbocycles. The number of hydrogen-bond acceptors (Lipinski definition) is 5. The van der Waals surface area contributed by atoms with Gasteiger partial charge in [-0.15, -0.1) is 0 Å². The summed E-state index contributed by atoms with van der Waals surface area (Å²) in [7, 11) is 1.54. The second-order valence-electron chi connectivity index (χ2n) is 4.47. The monoisotopic (exact) mass is 274 g/mol. The van der Waals surface area contributed by atoms with Crippen molar-refractivity contribution in [3.63, 3.8) is 0 Å². The average Bonchev–Trinajstić information content (AvgIpc) is 2.92. The second kappa shape index (κ2) is 5.28. The predicted octanol–water partition coefficient (Wildman–Crippen LogP) is 2.27. The van der Waals surface area contributed by atoms with Gasteiger partial charge in [0, 0.05) is 6.42 Å². The van der Waals surface area contributed by atoms with Gasteiger partial charge in [-0.25, -0.2) is 4.79 Å². The van der Waals surface area contributed by atoms with Gasteiger partial charge >= 0.3 is 5.97 Å². The summed E-state index contributed by atoms with van der Waals surface area (Å²) in [6, 6.07) is 5.66. The van der Waals surface area contributed by atoms with E-state index >= 15 is 0 Å². The van der Waals surface area contributed by atoms with E-state index in [2.05, 4.69) is 0 Å². The van der Waals surface area contributed by atoms with Gasteiger partial charge < -0.3 is 18.9 Å². The number of carbonyl (C=O) groups is 1. The highest BCUT2D eigenvalue weighted by Crippen LogP contribution is 2.33. The molecule has 0 spiro atoms. The Morgan fingerprint density at radius 1 is 1.30 bits per heavy atom. The number of fused-ring (bicyclic) bond motifs is 1. The molecule has 1 aromatic carbocycles. The first-order valence-electron chi connectivity index (χ1n) is 6.27. The van der Waals surface area contributed by atoms with Gasteiger partial charge in [-0.3, -0.25) is 0 Å². The Kier molecular flexibility index (Phi) is 3.33. The molecule has 0 radical (unpaired) electrons. The number of ether oxygens (including phenoxy) is 4. The lowest BCUT2D eigenvalue weighted by Gasteiger charge is -2.19. The summed E-state index contributed by atoms with van der Waals surface area (Å²) < 4.78 is 20.9. The van der Waals surface area contributed by atoms with Crippen molar-refractivity contribution in [3.8, 4) is 11.5 Å². The van der Waals surface area contributed by atoms with E-state index in [1.165, 1.54) is 6.08 Å². The third-order valence-corrected chi connectivity index (χ3v) is 3.11. The maximum absolute atomic E-state index is 11.4. The first-order valence-corrected chi connectivity index (χ1v) is 6.27. The zero-order valence-corrected chi connectivity index (χ0v) is 11.0. The Hall–Kier alpha value is -2.43. The smallest absolute Gasteiger partial charge is 0.334 e. The molecule has 0 fully saturated rings. The third kappa shape index (κ3) is 2.61. The third-order valence-electron chi connectivity index (χ3n) is 3.11. The van der Waals surface area contributed by atoms with E-state index < -0.39 is 0 Å². The van der Waals surface area contributed by atoms with Crippen LogP contribution >= 0.6 is 0 Å².